The number of nitrogens with zero attached hydrogens (tertiary/aromatic N) is 5. The maximum atomic E-state index is 15.1. The van der Waals surface area contributed by atoms with Crippen LogP contribution in [0, 0.1) is 11.6 Å². The molecule has 0 spiro atoms. The van der Waals surface area contributed by atoms with Crippen LogP contribution in [0.2, 0.25) is 5.02 Å². The quantitative estimate of drug-likeness (QED) is 0.385. The van der Waals surface area contributed by atoms with Gasteiger partial charge in [-0.15, -0.1) is 0 Å². The van der Waals surface area contributed by atoms with Crippen molar-refractivity contribution in [2.45, 2.75) is 44.5 Å². The molecule has 0 radical (unpaired) electrons. The number of hydrogen-bond acceptors (Lipinski definition) is 7. The van der Waals surface area contributed by atoms with Crippen LogP contribution in [0.5, 0.6) is 5.75 Å². The Morgan fingerprint density at radius 2 is 2.00 bits per heavy atom. The molecule has 43 heavy (non-hydrogen) atoms. The molecule has 3 aromatic rings. The number of anilines is 1. The molecule has 0 saturated carbocycles. The van der Waals surface area contributed by atoms with E-state index in [2.05, 4.69) is 16.5 Å². The summed E-state index contributed by atoms with van der Waals surface area (Å²) in [5.41, 5.74) is 0.215. The monoisotopic (exact) mass is 613 g/mol. The lowest BCUT2D eigenvalue weighted by Gasteiger charge is -2.45. The second-order valence-electron chi connectivity index (χ2n) is 11.7. The number of piperazine rings is 1. The van der Waals surface area contributed by atoms with Crippen molar-refractivity contribution < 1.29 is 23.0 Å². The summed E-state index contributed by atoms with van der Waals surface area (Å²) in [6.07, 6.45) is 2.23. The summed E-state index contributed by atoms with van der Waals surface area (Å²) in [7, 11) is 2.04. The second kappa shape index (κ2) is 11.5. The van der Waals surface area contributed by atoms with E-state index >= 15 is 4.39 Å². The van der Waals surface area contributed by atoms with Gasteiger partial charge in [-0.2, -0.15) is 4.98 Å². The third-order valence-corrected chi connectivity index (χ3v) is 8.97. The third-order valence-electron chi connectivity index (χ3n) is 8.67. The minimum Gasteiger partial charge on any atom is -0.488 e. The molecule has 3 aliphatic rings. The van der Waals surface area contributed by atoms with Crippen LogP contribution in [0.4, 0.5) is 14.6 Å². The van der Waals surface area contributed by atoms with Crippen molar-refractivity contribution >= 4 is 34.2 Å². The highest BCUT2D eigenvalue weighted by Gasteiger charge is 2.36. The molecule has 0 bridgehead atoms. The number of carbonyl (C=O) groups is 1. The molecule has 2 saturated heterocycles. The van der Waals surface area contributed by atoms with E-state index < -0.39 is 23.4 Å². The molecule has 2 fully saturated rings. The van der Waals surface area contributed by atoms with E-state index in [0.29, 0.717) is 29.8 Å². The molecular weight excluding hydrogens is 580 g/mol. The van der Waals surface area contributed by atoms with Gasteiger partial charge in [0, 0.05) is 60.8 Å². The number of ether oxygens (including phenoxy) is 2. The lowest BCUT2D eigenvalue weighted by Crippen LogP contribution is -2.58. The molecule has 3 aliphatic heterocycles. The maximum Gasteiger partial charge on any atom is 0.350 e. The average Bonchev–Trinajstić information content (AvgIpc) is 3.40. The first-order valence-corrected chi connectivity index (χ1v) is 14.8. The molecule has 228 valence electrons. The van der Waals surface area contributed by atoms with E-state index in [4.69, 9.17) is 21.1 Å². The molecule has 6 rings (SSSR count). The highest BCUT2D eigenvalue weighted by atomic mass is 35.5. The minimum absolute atomic E-state index is 0.0378. The Balaban J connectivity index is 1.51. The second-order valence-corrected chi connectivity index (χ2v) is 12.1. The van der Waals surface area contributed by atoms with Crippen LogP contribution in [0.1, 0.15) is 26.3 Å². The van der Waals surface area contributed by atoms with Gasteiger partial charge < -0.3 is 24.2 Å². The molecule has 4 atom stereocenters. The summed E-state index contributed by atoms with van der Waals surface area (Å²) in [6.45, 7) is 10.4. The summed E-state index contributed by atoms with van der Waals surface area (Å²) in [6, 6.07) is 4.06. The number of likely N-dealkylation sites (N-methyl/N-ethyl adjacent to an activating group) is 1. The topological polar surface area (TPSA) is 80.1 Å². The van der Waals surface area contributed by atoms with Crippen LogP contribution < -0.4 is 15.3 Å². The largest absolute Gasteiger partial charge is 0.488 e. The number of carbonyl (C=O) groups excluding carboxylic acids is 1. The van der Waals surface area contributed by atoms with Gasteiger partial charge >= 0.3 is 5.69 Å². The van der Waals surface area contributed by atoms with Gasteiger partial charge in [0.1, 0.15) is 24.1 Å². The van der Waals surface area contributed by atoms with Gasteiger partial charge in [-0.1, -0.05) is 18.2 Å². The minimum atomic E-state index is -0.800. The Kier molecular flexibility index (Phi) is 7.91. The fourth-order valence-corrected chi connectivity index (χ4v) is 6.76. The molecule has 1 aromatic heterocycles. The fourth-order valence-electron chi connectivity index (χ4n) is 6.47. The van der Waals surface area contributed by atoms with E-state index in [1.165, 1.54) is 12.1 Å². The molecule has 4 heterocycles. The van der Waals surface area contributed by atoms with Crippen molar-refractivity contribution in [2.24, 2.45) is 0 Å². The van der Waals surface area contributed by atoms with Crippen molar-refractivity contribution in [2.75, 3.05) is 51.3 Å². The van der Waals surface area contributed by atoms with E-state index in [0.717, 1.165) is 31.6 Å². The molecule has 0 aliphatic carbocycles. The molecule has 9 nitrogen and oxygen atoms in total. The van der Waals surface area contributed by atoms with Crippen molar-refractivity contribution in [1.29, 1.82) is 0 Å². The van der Waals surface area contributed by atoms with E-state index in [1.807, 2.05) is 25.8 Å². The van der Waals surface area contributed by atoms with E-state index in [9.17, 15) is 14.0 Å². The van der Waals surface area contributed by atoms with Gasteiger partial charge in [0.2, 0.25) is 5.91 Å². The van der Waals surface area contributed by atoms with Gasteiger partial charge in [-0.25, -0.2) is 13.6 Å². The molecule has 2 aromatic carbocycles. The number of halogens is 3. The van der Waals surface area contributed by atoms with Gasteiger partial charge in [0.05, 0.1) is 29.3 Å². The Bertz CT molecular complexity index is 1670. The zero-order chi connectivity index (χ0) is 30.6. The predicted octanol–water partition coefficient (Wildman–Crippen LogP) is 4.26. The number of benzene rings is 2. The predicted molar refractivity (Wildman–Crippen MR) is 161 cm³/mol. The first-order chi connectivity index (χ1) is 20.6. The number of likely N-dealkylation sites (tertiary alicyclic amines) is 1. The normalized spacial score (nSPS) is 24.0. The highest BCUT2D eigenvalue weighted by molar-refractivity contribution is 6.35. The molecule has 1 amide bonds. The van der Waals surface area contributed by atoms with Crippen LogP contribution >= 0.6 is 11.6 Å². The van der Waals surface area contributed by atoms with E-state index in [1.54, 1.807) is 15.5 Å². The third kappa shape index (κ3) is 5.27. The number of rotatable bonds is 6. The summed E-state index contributed by atoms with van der Waals surface area (Å²) in [4.78, 5) is 36.8. The van der Waals surface area contributed by atoms with Crippen LogP contribution in [0.3, 0.4) is 0 Å². The van der Waals surface area contributed by atoms with Gasteiger partial charge in [0.25, 0.3) is 0 Å². The van der Waals surface area contributed by atoms with Gasteiger partial charge in [0.15, 0.2) is 5.75 Å². The summed E-state index contributed by atoms with van der Waals surface area (Å²) < 4.78 is 43.0. The van der Waals surface area contributed by atoms with E-state index in [-0.39, 0.29) is 59.2 Å². The lowest BCUT2D eigenvalue weighted by molar-refractivity contribution is -0.128. The van der Waals surface area contributed by atoms with Crippen molar-refractivity contribution in [3.63, 3.8) is 0 Å². The number of hydrogen-bond donors (Lipinski definition) is 0. The summed E-state index contributed by atoms with van der Waals surface area (Å²) in [5, 5.41) is 0.727. The standard InChI is InChI=1S/C31H34ClF2N5O4/c1-5-26(40)37-12-18(3)38(13-17(37)2)30-23-11-24(32)27(22-7-6-19(33)10-25(22)34)29-28(23)39(31(41)35-30)20(16-43-29)15-42-21-8-9-36(4)14-21/h5-7,10-11,17-18,20-21H,1,8-9,12-16H2,2-4H3/t17-,18+,20-,21-/m1/s1. The molecule has 0 N–H and O–H groups in total. The van der Waals surface area contributed by atoms with Crippen molar-refractivity contribution in [3.05, 3.63) is 64.1 Å². The summed E-state index contributed by atoms with van der Waals surface area (Å²) in [5.74, 6) is -1.05. The van der Waals surface area contributed by atoms with Crippen LogP contribution in [-0.4, -0.2) is 89.9 Å². The molecule has 0 unspecified atom stereocenters. The zero-order valence-corrected chi connectivity index (χ0v) is 25.1. The number of aromatic nitrogens is 2. The smallest absolute Gasteiger partial charge is 0.350 e. The SMILES string of the molecule is C=CC(=O)N1C[C@H](C)N(c2nc(=O)n3c4c(c(-c5ccc(F)cc5F)c(Cl)cc24)OC[C@H]3CO[C@@H]2CCN(C)C2)C[C@H]1C. The molecule has 12 heteroatoms. The van der Waals surface area contributed by atoms with Crippen molar-refractivity contribution in [3.8, 4) is 16.9 Å². The Labute approximate surface area is 253 Å². The number of amides is 1. The fraction of sp³-hybridized carbons (Fsp3) is 0.452. The lowest BCUT2D eigenvalue weighted by atomic mass is 9.99. The summed E-state index contributed by atoms with van der Waals surface area (Å²) >= 11 is 6.84. The Morgan fingerprint density at radius 3 is 2.70 bits per heavy atom. The average molecular weight is 614 g/mol. The Hall–Kier alpha value is -3.54. The maximum absolute atomic E-state index is 15.1. The first-order valence-electron chi connectivity index (χ1n) is 14.4. The van der Waals surface area contributed by atoms with Crippen LogP contribution in [0.15, 0.2) is 41.7 Å². The van der Waals surface area contributed by atoms with Crippen molar-refractivity contribution in [1.82, 2.24) is 19.4 Å². The first kappa shape index (κ1) is 29.5. The highest BCUT2D eigenvalue weighted by Crippen LogP contribution is 2.47. The van der Waals surface area contributed by atoms with Gasteiger partial charge in [-0.3, -0.25) is 9.36 Å². The van der Waals surface area contributed by atoms with Crippen LogP contribution in [0.25, 0.3) is 22.0 Å². The van der Waals surface area contributed by atoms with Gasteiger partial charge in [-0.05, 0) is 51.6 Å². The molecular formula is C31H34ClF2N5O4. The van der Waals surface area contributed by atoms with Crippen LogP contribution in [-0.2, 0) is 9.53 Å². The Morgan fingerprint density at radius 1 is 1.21 bits per heavy atom. The zero-order valence-electron chi connectivity index (χ0n) is 24.4.